The predicted molar refractivity (Wildman–Crippen MR) is 74.3 cm³/mol. The molecule has 0 saturated heterocycles. The molecule has 3 heterocycles. The van der Waals surface area contributed by atoms with Gasteiger partial charge < -0.3 is 4.90 Å². The van der Waals surface area contributed by atoms with Crippen molar-refractivity contribution in [3.05, 3.63) is 34.1 Å². The third-order valence-electron chi connectivity index (χ3n) is 3.34. The third-order valence-corrected chi connectivity index (χ3v) is 3.84. The molecule has 0 saturated carbocycles. The van der Waals surface area contributed by atoms with E-state index in [2.05, 4.69) is 31.1 Å². The van der Waals surface area contributed by atoms with Gasteiger partial charge in [0, 0.05) is 48.4 Å². The molecule has 0 atom stereocenters. The van der Waals surface area contributed by atoms with E-state index in [9.17, 15) is 4.79 Å². The highest BCUT2D eigenvalue weighted by molar-refractivity contribution is 9.10. The second-order valence-electron chi connectivity index (χ2n) is 4.58. The fourth-order valence-electron chi connectivity index (χ4n) is 2.31. The minimum atomic E-state index is 0.0972. The van der Waals surface area contributed by atoms with Crippen molar-refractivity contribution in [1.82, 2.24) is 20.1 Å². The van der Waals surface area contributed by atoms with E-state index >= 15 is 0 Å². The first kappa shape index (κ1) is 12.3. The lowest BCUT2D eigenvalue weighted by Crippen LogP contribution is -2.34. The Morgan fingerprint density at radius 3 is 3.11 bits per heavy atom. The van der Waals surface area contributed by atoms with Crippen molar-refractivity contribution < 1.29 is 4.79 Å². The zero-order chi connectivity index (χ0) is 13.4. The van der Waals surface area contributed by atoms with E-state index in [-0.39, 0.29) is 5.91 Å². The predicted octanol–water partition coefficient (Wildman–Crippen LogP) is 2.14. The van der Waals surface area contributed by atoms with E-state index < -0.39 is 0 Å². The van der Waals surface area contributed by atoms with Gasteiger partial charge in [0.2, 0.25) is 5.91 Å². The smallest absolute Gasteiger partial charge is 0.219 e. The van der Waals surface area contributed by atoms with Crippen LogP contribution in [-0.4, -0.2) is 32.5 Å². The highest BCUT2D eigenvalue weighted by atomic mass is 79.9. The maximum absolute atomic E-state index is 11.5. The van der Waals surface area contributed by atoms with Crippen LogP contribution in [0.15, 0.2) is 22.8 Å². The largest absolute Gasteiger partial charge is 0.338 e. The van der Waals surface area contributed by atoms with Crippen molar-refractivity contribution >= 4 is 21.8 Å². The normalized spacial score (nSPS) is 14.3. The van der Waals surface area contributed by atoms with E-state index in [0.717, 1.165) is 40.1 Å². The molecule has 1 N–H and O–H groups in total. The Kier molecular flexibility index (Phi) is 3.10. The van der Waals surface area contributed by atoms with E-state index in [1.165, 1.54) is 0 Å². The van der Waals surface area contributed by atoms with Gasteiger partial charge in [-0.2, -0.15) is 5.10 Å². The SMILES string of the molecule is CC(=O)N1CCc2[nH]nc(-c3cc(Br)ccn3)c2C1. The summed E-state index contributed by atoms with van der Waals surface area (Å²) < 4.78 is 0.966. The summed E-state index contributed by atoms with van der Waals surface area (Å²) >= 11 is 3.44. The van der Waals surface area contributed by atoms with Crippen LogP contribution in [0.3, 0.4) is 0 Å². The Morgan fingerprint density at radius 1 is 1.53 bits per heavy atom. The number of nitrogens with zero attached hydrogens (tertiary/aromatic N) is 3. The van der Waals surface area contributed by atoms with Crippen molar-refractivity contribution in [1.29, 1.82) is 0 Å². The monoisotopic (exact) mass is 320 g/mol. The van der Waals surface area contributed by atoms with Crippen molar-refractivity contribution in [3.8, 4) is 11.4 Å². The lowest BCUT2D eigenvalue weighted by Gasteiger charge is -2.25. The van der Waals surface area contributed by atoms with Gasteiger partial charge in [-0.25, -0.2) is 0 Å². The number of carbonyl (C=O) groups excluding carboxylic acids is 1. The van der Waals surface area contributed by atoms with Crippen molar-refractivity contribution in [2.45, 2.75) is 19.9 Å². The summed E-state index contributed by atoms with van der Waals surface area (Å²) in [6, 6.07) is 3.81. The van der Waals surface area contributed by atoms with Crippen molar-refractivity contribution in [2.75, 3.05) is 6.54 Å². The second kappa shape index (κ2) is 4.77. The summed E-state index contributed by atoms with van der Waals surface area (Å²) in [5.74, 6) is 0.0972. The highest BCUT2D eigenvalue weighted by Crippen LogP contribution is 2.28. The number of hydrogen-bond donors (Lipinski definition) is 1. The molecule has 3 rings (SSSR count). The number of fused-ring (bicyclic) bond motifs is 1. The molecule has 0 aliphatic carbocycles. The van der Waals surface area contributed by atoms with Gasteiger partial charge in [-0.05, 0) is 12.1 Å². The molecule has 1 amide bonds. The van der Waals surface area contributed by atoms with Gasteiger partial charge in [-0.1, -0.05) is 15.9 Å². The van der Waals surface area contributed by atoms with Gasteiger partial charge in [-0.15, -0.1) is 0 Å². The van der Waals surface area contributed by atoms with Crippen molar-refractivity contribution in [2.24, 2.45) is 0 Å². The molecular formula is C13H13BrN4O. The first-order chi connectivity index (χ1) is 9.15. The molecular weight excluding hydrogens is 308 g/mol. The molecule has 1 aliphatic rings. The summed E-state index contributed by atoms with van der Waals surface area (Å²) in [7, 11) is 0. The van der Waals surface area contributed by atoms with Gasteiger partial charge in [-0.3, -0.25) is 14.9 Å². The van der Waals surface area contributed by atoms with Crippen LogP contribution in [0.2, 0.25) is 0 Å². The number of carbonyl (C=O) groups is 1. The Balaban J connectivity index is 2.01. The van der Waals surface area contributed by atoms with Crippen LogP contribution in [0.4, 0.5) is 0 Å². The Morgan fingerprint density at radius 2 is 2.37 bits per heavy atom. The second-order valence-corrected chi connectivity index (χ2v) is 5.49. The lowest BCUT2D eigenvalue weighted by molar-refractivity contribution is -0.129. The zero-order valence-electron chi connectivity index (χ0n) is 10.5. The number of hydrogen-bond acceptors (Lipinski definition) is 3. The minimum Gasteiger partial charge on any atom is -0.338 e. The number of H-pyrrole nitrogens is 1. The molecule has 5 nitrogen and oxygen atoms in total. The molecule has 2 aromatic rings. The average Bonchev–Trinajstić information content (AvgIpc) is 2.81. The van der Waals surface area contributed by atoms with Crippen LogP contribution < -0.4 is 0 Å². The zero-order valence-corrected chi connectivity index (χ0v) is 12.1. The number of aromatic nitrogens is 3. The Hall–Kier alpha value is -1.69. The number of pyridine rings is 1. The van der Waals surface area contributed by atoms with E-state index in [1.54, 1.807) is 13.1 Å². The van der Waals surface area contributed by atoms with Gasteiger partial charge >= 0.3 is 0 Å². The first-order valence-corrected chi connectivity index (χ1v) is 6.88. The number of aromatic amines is 1. The Labute approximate surface area is 119 Å². The molecule has 19 heavy (non-hydrogen) atoms. The van der Waals surface area contributed by atoms with E-state index in [0.29, 0.717) is 6.54 Å². The van der Waals surface area contributed by atoms with Gasteiger partial charge in [0.15, 0.2) is 0 Å². The number of halogens is 1. The molecule has 0 radical (unpaired) electrons. The molecule has 6 heteroatoms. The first-order valence-electron chi connectivity index (χ1n) is 6.08. The molecule has 98 valence electrons. The molecule has 0 aromatic carbocycles. The molecule has 0 unspecified atom stereocenters. The molecule has 1 aliphatic heterocycles. The van der Waals surface area contributed by atoms with Crippen LogP contribution in [0.1, 0.15) is 18.2 Å². The highest BCUT2D eigenvalue weighted by Gasteiger charge is 2.24. The Bertz CT molecular complexity index is 637. The molecule has 0 fully saturated rings. The van der Waals surface area contributed by atoms with E-state index in [4.69, 9.17) is 0 Å². The summed E-state index contributed by atoms with van der Waals surface area (Å²) in [5, 5.41) is 7.42. The summed E-state index contributed by atoms with van der Waals surface area (Å²) in [5.41, 5.74) is 3.83. The van der Waals surface area contributed by atoms with Gasteiger partial charge in [0.25, 0.3) is 0 Å². The van der Waals surface area contributed by atoms with Crippen LogP contribution >= 0.6 is 15.9 Å². The van der Waals surface area contributed by atoms with Crippen molar-refractivity contribution in [3.63, 3.8) is 0 Å². The third kappa shape index (κ3) is 2.28. The van der Waals surface area contributed by atoms with Crippen LogP contribution in [-0.2, 0) is 17.8 Å². The molecule has 0 bridgehead atoms. The summed E-state index contributed by atoms with van der Waals surface area (Å²) in [6.45, 7) is 2.95. The van der Waals surface area contributed by atoms with Crippen LogP contribution in [0, 0.1) is 0 Å². The molecule has 2 aromatic heterocycles. The standard InChI is InChI=1S/C13H13BrN4O/c1-8(19)18-5-3-11-10(7-18)13(17-16-11)12-6-9(14)2-4-15-12/h2,4,6H,3,5,7H2,1H3,(H,16,17). The van der Waals surface area contributed by atoms with Crippen LogP contribution in [0.5, 0.6) is 0 Å². The number of rotatable bonds is 1. The molecule has 0 spiro atoms. The summed E-state index contributed by atoms with van der Waals surface area (Å²) in [6.07, 6.45) is 2.56. The maximum atomic E-state index is 11.5. The number of nitrogens with one attached hydrogen (secondary N) is 1. The van der Waals surface area contributed by atoms with Gasteiger partial charge in [0.05, 0.1) is 5.69 Å². The maximum Gasteiger partial charge on any atom is 0.219 e. The van der Waals surface area contributed by atoms with E-state index in [1.807, 2.05) is 17.0 Å². The fourth-order valence-corrected chi connectivity index (χ4v) is 2.65. The number of amides is 1. The quantitative estimate of drug-likeness (QED) is 0.875. The summed E-state index contributed by atoms with van der Waals surface area (Å²) in [4.78, 5) is 17.7. The van der Waals surface area contributed by atoms with Gasteiger partial charge in [0.1, 0.15) is 5.69 Å². The topological polar surface area (TPSA) is 61.9 Å². The fraction of sp³-hybridized carbons (Fsp3) is 0.308. The van der Waals surface area contributed by atoms with Crippen LogP contribution in [0.25, 0.3) is 11.4 Å². The minimum absolute atomic E-state index is 0.0972. The average molecular weight is 321 g/mol. The lowest BCUT2D eigenvalue weighted by atomic mass is 10.0.